The molecule has 1 aliphatic rings. The minimum absolute atomic E-state index is 0.117. The molecule has 1 aromatic carbocycles. The summed E-state index contributed by atoms with van der Waals surface area (Å²) in [4.78, 5) is 14.1. The summed E-state index contributed by atoms with van der Waals surface area (Å²) in [7, 11) is 1.67. The fourth-order valence-electron chi connectivity index (χ4n) is 2.26. The summed E-state index contributed by atoms with van der Waals surface area (Å²) < 4.78 is 5.30. The van der Waals surface area contributed by atoms with Crippen molar-refractivity contribution in [1.29, 1.82) is 0 Å². The molecule has 5 heteroatoms. The van der Waals surface area contributed by atoms with Crippen molar-refractivity contribution >= 4 is 17.7 Å². The predicted octanol–water partition coefficient (Wildman–Crippen LogP) is 1.40. The van der Waals surface area contributed by atoms with Crippen molar-refractivity contribution in [2.75, 3.05) is 44.8 Å². The number of thioether (sulfide) groups is 1. The summed E-state index contributed by atoms with van der Waals surface area (Å²) >= 11 is 1.96. The van der Waals surface area contributed by atoms with Gasteiger partial charge in [0.2, 0.25) is 5.91 Å². The normalized spacial score (nSPS) is 15.8. The Kier molecular flexibility index (Phi) is 6.21. The van der Waals surface area contributed by atoms with Crippen LogP contribution in [0.2, 0.25) is 0 Å². The summed E-state index contributed by atoms with van der Waals surface area (Å²) in [5.41, 5.74) is 1.13. The van der Waals surface area contributed by atoms with Crippen molar-refractivity contribution < 1.29 is 9.53 Å². The lowest BCUT2D eigenvalue weighted by Crippen LogP contribution is -2.41. The van der Waals surface area contributed by atoms with E-state index in [0.717, 1.165) is 42.3 Å². The molecule has 1 aromatic rings. The van der Waals surface area contributed by atoms with E-state index in [9.17, 15) is 4.79 Å². The molecule has 110 valence electrons. The first-order chi connectivity index (χ1) is 9.79. The molecule has 1 amide bonds. The first kappa shape index (κ1) is 15.2. The second-order valence-electron chi connectivity index (χ2n) is 4.80. The second kappa shape index (κ2) is 8.17. The summed E-state index contributed by atoms with van der Waals surface area (Å²) in [6.45, 7) is 3.21. The molecule has 1 heterocycles. The molecule has 20 heavy (non-hydrogen) atoms. The Morgan fingerprint density at radius 1 is 1.35 bits per heavy atom. The molecule has 2 rings (SSSR count). The van der Waals surface area contributed by atoms with Gasteiger partial charge >= 0.3 is 0 Å². The lowest BCUT2D eigenvalue weighted by molar-refractivity contribution is -0.122. The first-order valence-corrected chi connectivity index (χ1v) is 8.14. The lowest BCUT2D eigenvalue weighted by Gasteiger charge is -2.25. The molecule has 0 radical (unpaired) electrons. The van der Waals surface area contributed by atoms with Crippen LogP contribution in [-0.4, -0.2) is 55.6 Å². The smallest absolute Gasteiger partial charge is 0.234 e. The summed E-state index contributed by atoms with van der Waals surface area (Å²) in [5, 5.41) is 2.99. The maximum atomic E-state index is 11.9. The van der Waals surface area contributed by atoms with Crippen LogP contribution in [0.3, 0.4) is 0 Å². The summed E-state index contributed by atoms with van der Waals surface area (Å²) in [5.74, 6) is 3.27. The Bertz CT molecular complexity index is 434. The molecule has 0 aliphatic carbocycles. The Morgan fingerprint density at radius 3 is 2.85 bits per heavy atom. The second-order valence-corrected chi connectivity index (χ2v) is 6.03. The van der Waals surface area contributed by atoms with Gasteiger partial charge < -0.3 is 10.1 Å². The molecule has 1 aliphatic heterocycles. The third-order valence-electron chi connectivity index (χ3n) is 3.38. The number of carbonyl (C=O) groups excluding carboxylic acids is 1. The van der Waals surface area contributed by atoms with Crippen molar-refractivity contribution in [3.63, 3.8) is 0 Å². The van der Waals surface area contributed by atoms with Crippen molar-refractivity contribution in [3.05, 3.63) is 29.8 Å². The number of carbonyl (C=O) groups is 1. The molecular formula is C15H22N2O2S. The van der Waals surface area contributed by atoms with Gasteiger partial charge in [-0.3, -0.25) is 9.69 Å². The molecule has 0 bridgehead atoms. The standard InChI is InChI=1S/C15H22N2O2S/c1-19-14-5-3-2-4-13(14)6-7-16-15(18)12-17-8-10-20-11-9-17/h2-5H,6-12H2,1H3,(H,16,18). The number of hydrogen-bond donors (Lipinski definition) is 1. The fraction of sp³-hybridized carbons (Fsp3) is 0.533. The van der Waals surface area contributed by atoms with E-state index >= 15 is 0 Å². The van der Waals surface area contributed by atoms with E-state index in [4.69, 9.17) is 4.74 Å². The largest absolute Gasteiger partial charge is 0.496 e. The van der Waals surface area contributed by atoms with Crippen LogP contribution in [0, 0.1) is 0 Å². The molecule has 1 fully saturated rings. The van der Waals surface area contributed by atoms with E-state index in [-0.39, 0.29) is 5.91 Å². The third-order valence-corrected chi connectivity index (χ3v) is 4.32. The van der Waals surface area contributed by atoms with E-state index in [2.05, 4.69) is 10.2 Å². The van der Waals surface area contributed by atoms with Gasteiger partial charge in [-0.05, 0) is 18.1 Å². The Labute approximate surface area is 124 Å². The van der Waals surface area contributed by atoms with E-state index in [1.807, 2.05) is 36.0 Å². The fourth-order valence-corrected chi connectivity index (χ4v) is 3.24. The number of ether oxygens (including phenoxy) is 1. The van der Waals surface area contributed by atoms with Crippen molar-refractivity contribution in [2.24, 2.45) is 0 Å². The number of rotatable bonds is 6. The zero-order valence-corrected chi connectivity index (χ0v) is 12.7. The van der Waals surface area contributed by atoms with Gasteiger partial charge in [-0.1, -0.05) is 18.2 Å². The van der Waals surface area contributed by atoms with Crippen LogP contribution in [-0.2, 0) is 11.2 Å². The third kappa shape index (κ3) is 4.72. The zero-order chi connectivity index (χ0) is 14.2. The van der Waals surface area contributed by atoms with Crippen LogP contribution in [0.1, 0.15) is 5.56 Å². The van der Waals surface area contributed by atoms with Crippen molar-refractivity contribution in [1.82, 2.24) is 10.2 Å². The van der Waals surface area contributed by atoms with Gasteiger partial charge in [-0.15, -0.1) is 0 Å². The number of benzene rings is 1. The number of hydrogen-bond acceptors (Lipinski definition) is 4. The van der Waals surface area contributed by atoms with Crippen LogP contribution in [0.15, 0.2) is 24.3 Å². The number of methoxy groups -OCH3 is 1. The van der Waals surface area contributed by atoms with Crippen LogP contribution < -0.4 is 10.1 Å². The monoisotopic (exact) mass is 294 g/mol. The summed E-state index contributed by atoms with van der Waals surface area (Å²) in [6.07, 6.45) is 0.797. The lowest BCUT2D eigenvalue weighted by atomic mass is 10.1. The van der Waals surface area contributed by atoms with Crippen LogP contribution in [0.25, 0.3) is 0 Å². The number of amides is 1. The summed E-state index contributed by atoms with van der Waals surface area (Å²) in [6, 6.07) is 7.93. The minimum atomic E-state index is 0.117. The highest BCUT2D eigenvalue weighted by molar-refractivity contribution is 7.99. The molecule has 0 unspecified atom stereocenters. The molecular weight excluding hydrogens is 272 g/mol. The van der Waals surface area contributed by atoms with Crippen LogP contribution in [0.4, 0.5) is 0 Å². The van der Waals surface area contributed by atoms with Crippen molar-refractivity contribution in [3.8, 4) is 5.75 Å². The molecule has 1 N–H and O–H groups in total. The minimum Gasteiger partial charge on any atom is -0.496 e. The zero-order valence-electron chi connectivity index (χ0n) is 11.9. The average Bonchev–Trinajstić information content (AvgIpc) is 2.49. The van der Waals surface area contributed by atoms with E-state index in [1.54, 1.807) is 7.11 Å². The molecule has 1 saturated heterocycles. The van der Waals surface area contributed by atoms with Crippen LogP contribution in [0.5, 0.6) is 5.75 Å². The van der Waals surface area contributed by atoms with Gasteiger partial charge in [-0.25, -0.2) is 0 Å². The van der Waals surface area contributed by atoms with Gasteiger partial charge in [-0.2, -0.15) is 11.8 Å². The quantitative estimate of drug-likeness (QED) is 0.861. The van der Waals surface area contributed by atoms with Gasteiger partial charge in [0.15, 0.2) is 0 Å². The topological polar surface area (TPSA) is 41.6 Å². The SMILES string of the molecule is COc1ccccc1CCNC(=O)CN1CCSCC1. The first-order valence-electron chi connectivity index (χ1n) is 6.98. The van der Waals surface area contributed by atoms with Gasteiger partial charge in [0.1, 0.15) is 5.75 Å². The maximum absolute atomic E-state index is 11.9. The molecule has 0 aromatic heterocycles. The number of para-hydroxylation sites is 1. The molecule has 4 nitrogen and oxygen atoms in total. The van der Waals surface area contributed by atoms with Crippen molar-refractivity contribution in [2.45, 2.75) is 6.42 Å². The van der Waals surface area contributed by atoms with E-state index < -0.39 is 0 Å². The Morgan fingerprint density at radius 2 is 2.10 bits per heavy atom. The molecule has 0 saturated carbocycles. The van der Waals surface area contributed by atoms with E-state index in [0.29, 0.717) is 13.1 Å². The highest BCUT2D eigenvalue weighted by atomic mass is 32.2. The highest BCUT2D eigenvalue weighted by Gasteiger charge is 2.13. The van der Waals surface area contributed by atoms with Crippen LogP contribution >= 0.6 is 11.8 Å². The predicted molar refractivity (Wildman–Crippen MR) is 83.5 cm³/mol. The number of nitrogens with one attached hydrogen (secondary N) is 1. The van der Waals surface area contributed by atoms with Gasteiger partial charge in [0.05, 0.1) is 13.7 Å². The Balaban J connectivity index is 1.70. The molecule has 0 atom stereocenters. The number of nitrogens with zero attached hydrogens (tertiary/aromatic N) is 1. The molecule has 0 spiro atoms. The Hall–Kier alpha value is -1.20. The average molecular weight is 294 g/mol. The van der Waals surface area contributed by atoms with Gasteiger partial charge in [0.25, 0.3) is 0 Å². The van der Waals surface area contributed by atoms with Gasteiger partial charge in [0, 0.05) is 31.1 Å². The maximum Gasteiger partial charge on any atom is 0.234 e. The van der Waals surface area contributed by atoms with E-state index in [1.165, 1.54) is 0 Å². The highest BCUT2D eigenvalue weighted by Crippen LogP contribution is 2.17.